The van der Waals surface area contributed by atoms with Crippen LogP contribution in [0.1, 0.15) is 67.7 Å². The zero-order chi connectivity index (χ0) is 28.4. The fourth-order valence-corrected chi connectivity index (χ4v) is 5.42. The van der Waals surface area contributed by atoms with Crippen LogP contribution in [0, 0.1) is 0 Å². The highest BCUT2D eigenvalue weighted by molar-refractivity contribution is 5.88. The Kier molecular flexibility index (Phi) is 9.04. The summed E-state index contributed by atoms with van der Waals surface area (Å²) in [4.78, 5) is 61.1. The number of rotatable bonds is 7. The first-order chi connectivity index (χ1) is 17.6. The summed E-state index contributed by atoms with van der Waals surface area (Å²) >= 11 is 0. The van der Waals surface area contributed by atoms with Crippen molar-refractivity contribution in [1.29, 1.82) is 0 Å². The van der Waals surface area contributed by atoms with Crippen LogP contribution in [0.25, 0.3) is 0 Å². The number of hydrogen-bond acceptors (Lipinski definition) is 12. The summed E-state index contributed by atoms with van der Waals surface area (Å²) in [6, 6.07) is 0. The number of hydrogen-bond donors (Lipinski definition) is 1. The number of nitrogens with one attached hydrogen (secondary N) is 1. The van der Waals surface area contributed by atoms with Crippen LogP contribution in [0.3, 0.4) is 0 Å². The number of fused-ring (bicyclic) bond motifs is 1. The molecular weight excluding hydrogens is 506 g/mol. The van der Waals surface area contributed by atoms with E-state index in [2.05, 4.69) is 5.32 Å². The Morgan fingerprint density at radius 3 is 2.03 bits per heavy atom. The maximum atomic E-state index is 13.7. The Labute approximate surface area is 221 Å². The van der Waals surface area contributed by atoms with E-state index in [9.17, 15) is 24.0 Å². The lowest BCUT2D eigenvalue weighted by Gasteiger charge is -2.43. The Balaban J connectivity index is 1.84. The Morgan fingerprint density at radius 2 is 1.45 bits per heavy atom. The monoisotopic (exact) mass is 543 g/mol. The second-order valence-corrected chi connectivity index (χ2v) is 10.4. The lowest BCUT2D eigenvalue weighted by molar-refractivity contribution is -0.205. The molecule has 13 nitrogen and oxygen atoms in total. The molecule has 1 amide bonds. The molecule has 214 valence electrons. The van der Waals surface area contributed by atoms with E-state index in [1.807, 2.05) is 0 Å². The Hall–Kier alpha value is -2.77. The predicted molar refractivity (Wildman–Crippen MR) is 126 cm³/mol. The van der Waals surface area contributed by atoms with Gasteiger partial charge in [0.05, 0.1) is 12.2 Å². The van der Waals surface area contributed by atoms with Gasteiger partial charge in [0.25, 0.3) is 5.91 Å². The van der Waals surface area contributed by atoms with Crippen molar-refractivity contribution in [1.82, 2.24) is 5.32 Å². The van der Waals surface area contributed by atoms with Crippen LogP contribution in [0.4, 0.5) is 0 Å². The second kappa shape index (κ2) is 11.5. The third-order valence-electron chi connectivity index (χ3n) is 6.51. The molecule has 0 spiro atoms. The van der Waals surface area contributed by atoms with E-state index in [1.54, 1.807) is 20.8 Å². The molecule has 2 heterocycles. The first-order valence-electron chi connectivity index (χ1n) is 12.6. The normalized spacial score (nSPS) is 35.8. The molecule has 3 fully saturated rings. The SMILES string of the molecule is CC(=O)O[C@@H]1[C@H](CNC(=O)[C@@]2(OC(C)=O)C[C@@H](OC(C)=O)[C@@H]3OC(C)(C)O[C@@H]3C2)O[C@H](C)C[C@H]1OC(C)=O. The molecule has 0 radical (unpaired) electrons. The molecule has 2 aliphatic heterocycles. The number of carbonyl (C=O) groups excluding carboxylic acids is 5. The highest BCUT2D eigenvalue weighted by atomic mass is 16.8. The van der Waals surface area contributed by atoms with E-state index in [1.165, 1.54) is 27.7 Å². The van der Waals surface area contributed by atoms with Crippen LogP contribution in [-0.2, 0) is 57.1 Å². The van der Waals surface area contributed by atoms with Crippen LogP contribution in [0.5, 0.6) is 0 Å². The maximum Gasteiger partial charge on any atom is 0.303 e. The minimum Gasteiger partial charge on any atom is -0.460 e. The van der Waals surface area contributed by atoms with Crippen molar-refractivity contribution in [3.8, 4) is 0 Å². The summed E-state index contributed by atoms with van der Waals surface area (Å²) < 4.78 is 39.6. The van der Waals surface area contributed by atoms with E-state index in [0.717, 1.165) is 0 Å². The van der Waals surface area contributed by atoms with E-state index >= 15 is 0 Å². The van der Waals surface area contributed by atoms with Crippen LogP contribution in [0.2, 0.25) is 0 Å². The molecule has 3 rings (SSSR count). The summed E-state index contributed by atoms with van der Waals surface area (Å²) in [6.45, 7) is 9.86. The quantitative estimate of drug-likeness (QED) is 0.354. The molecule has 2 saturated heterocycles. The molecule has 0 aromatic heterocycles. The fourth-order valence-electron chi connectivity index (χ4n) is 5.42. The van der Waals surface area contributed by atoms with Crippen LogP contribution in [-0.4, -0.2) is 90.4 Å². The molecule has 0 unspecified atom stereocenters. The van der Waals surface area contributed by atoms with Crippen molar-refractivity contribution >= 4 is 29.8 Å². The molecule has 0 aromatic rings. The Morgan fingerprint density at radius 1 is 0.842 bits per heavy atom. The van der Waals surface area contributed by atoms with E-state index in [4.69, 9.17) is 33.2 Å². The molecule has 0 bridgehead atoms. The first-order valence-corrected chi connectivity index (χ1v) is 12.6. The van der Waals surface area contributed by atoms with Crippen molar-refractivity contribution in [3.05, 3.63) is 0 Å². The summed E-state index contributed by atoms with van der Waals surface area (Å²) in [5.41, 5.74) is -1.75. The molecule has 1 aliphatic carbocycles. The molecule has 3 aliphatic rings. The van der Waals surface area contributed by atoms with Gasteiger partial charge in [0, 0.05) is 53.5 Å². The zero-order valence-corrected chi connectivity index (χ0v) is 22.8. The summed E-state index contributed by atoms with van der Waals surface area (Å²) in [7, 11) is 0. The number of ether oxygens (including phenoxy) is 7. The molecule has 0 aromatic carbocycles. The standard InChI is InChI=1S/C25H37NO12/c1-12-8-17(33-13(2)27)21(35-15(4)29)20(32-12)11-26-23(31)25(36-16(5)30)9-18(34-14(3)28)22-19(10-25)37-24(6,7)38-22/h12,17-22H,8-11H2,1-7H3,(H,26,31)/t12-,17-,18-,19-,20+,21+,22+,25-/m1/s1. The molecular formula is C25H37NO12. The van der Waals surface area contributed by atoms with Crippen LogP contribution < -0.4 is 5.32 Å². The smallest absolute Gasteiger partial charge is 0.303 e. The van der Waals surface area contributed by atoms with E-state index in [-0.39, 0.29) is 25.5 Å². The summed E-state index contributed by atoms with van der Waals surface area (Å²) in [5.74, 6) is -4.15. The number of amides is 1. The van der Waals surface area contributed by atoms with Gasteiger partial charge in [0.1, 0.15) is 24.4 Å². The van der Waals surface area contributed by atoms with Crippen molar-refractivity contribution in [3.63, 3.8) is 0 Å². The Bertz CT molecular complexity index is 951. The topological polar surface area (TPSA) is 162 Å². The van der Waals surface area contributed by atoms with Crippen LogP contribution in [0.15, 0.2) is 0 Å². The average molecular weight is 544 g/mol. The van der Waals surface area contributed by atoms with Crippen molar-refractivity contribution in [2.24, 2.45) is 0 Å². The van der Waals surface area contributed by atoms with Gasteiger partial charge in [-0.05, 0) is 20.8 Å². The largest absolute Gasteiger partial charge is 0.460 e. The van der Waals surface area contributed by atoms with Gasteiger partial charge in [-0.2, -0.15) is 0 Å². The molecule has 38 heavy (non-hydrogen) atoms. The number of carbonyl (C=O) groups is 5. The lowest BCUT2D eigenvalue weighted by atomic mass is 9.78. The average Bonchev–Trinajstić information content (AvgIpc) is 3.06. The van der Waals surface area contributed by atoms with Gasteiger partial charge < -0.3 is 38.5 Å². The third kappa shape index (κ3) is 7.20. The van der Waals surface area contributed by atoms with Gasteiger partial charge in [-0.25, -0.2) is 0 Å². The summed E-state index contributed by atoms with van der Waals surface area (Å²) in [6.07, 6.45) is -5.20. The van der Waals surface area contributed by atoms with E-state index in [0.29, 0.717) is 6.42 Å². The molecule has 1 saturated carbocycles. The third-order valence-corrected chi connectivity index (χ3v) is 6.51. The van der Waals surface area contributed by atoms with Gasteiger partial charge in [0.15, 0.2) is 17.5 Å². The zero-order valence-electron chi connectivity index (χ0n) is 22.8. The minimum atomic E-state index is -1.75. The minimum absolute atomic E-state index is 0.0460. The summed E-state index contributed by atoms with van der Waals surface area (Å²) in [5, 5.41) is 2.73. The highest BCUT2D eigenvalue weighted by Gasteiger charge is 2.60. The van der Waals surface area contributed by atoms with Gasteiger partial charge in [-0.15, -0.1) is 0 Å². The van der Waals surface area contributed by atoms with Gasteiger partial charge in [0.2, 0.25) is 0 Å². The van der Waals surface area contributed by atoms with Crippen molar-refractivity contribution in [2.75, 3.05) is 6.54 Å². The van der Waals surface area contributed by atoms with Gasteiger partial charge in [-0.1, -0.05) is 0 Å². The highest BCUT2D eigenvalue weighted by Crippen LogP contribution is 2.44. The molecule has 13 heteroatoms. The second-order valence-electron chi connectivity index (χ2n) is 10.4. The maximum absolute atomic E-state index is 13.7. The van der Waals surface area contributed by atoms with Crippen LogP contribution >= 0.6 is 0 Å². The first kappa shape index (κ1) is 29.8. The fraction of sp³-hybridized carbons (Fsp3) is 0.800. The lowest BCUT2D eigenvalue weighted by Crippen LogP contribution is -2.62. The van der Waals surface area contributed by atoms with Gasteiger partial charge in [-0.3, -0.25) is 24.0 Å². The van der Waals surface area contributed by atoms with Gasteiger partial charge >= 0.3 is 23.9 Å². The number of esters is 4. The van der Waals surface area contributed by atoms with Crippen molar-refractivity contribution in [2.45, 2.75) is 122 Å². The predicted octanol–water partition coefficient (Wildman–Crippen LogP) is 0.691. The van der Waals surface area contributed by atoms with E-state index < -0.39 is 77.8 Å². The van der Waals surface area contributed by atoms with Crippen molar-refractivity contribution < 1.29 is 57.1 Å². The molecule has 8 atom stereocenters. The molecule has 1 N–H and O–H groups in total.